The van der Waals surface area contributed by atoms with E-state index >= 15 is 0 Å². The summed E-state index contributed by atoms with van der Waals surface area (Å²) in [5, 5.41) is 8.53. The second-order valence-corrected chi connectivity index (χ2v) is 6.42. The minimum Gasteiger partial charge on any atom is -0.478 e. The average Bonchev–Trinajstić information content (AvgIpc) is 2.00. The Balaban J connectivity index is 3.61. The molecule has 0 aliphatic heterocycles. The maximum absolute atomic E-state index is 10.4. The van der Waals surface area contributed by atoms with E-state index in [9.17, 15) is 4.79 Å². The fraction of sp³-hybridized carbons (Fsp3) is 0.833. The zero-order chi connectivity index (χ0) is 9.40. The summed E-state index contributed by atoms with van der Waals surface area (Å²) in [5.74, 6) is 1.05. The first-order valence-electron chi connectivity index (χ1n) is 3.63. The van der Waals surface area contributed by atoms with Crippen molar-refractivity contribution in [1.29, 1.82) is 0 Å². The van der Waals surface area contributed by atoms with Gasteiger partial charge in [0.25, 0.3) is 0 Å². The van der Waals surface area contributed by atoms with Gasteiger partial charge in [-0.25, -0.2) is 4.79 Å². The van der Waals surface area contributed by atoms with Gasteiger partial charge in [0, 0.05) is 13.1 Å². The van der Waals surface area contributed by atoms with Crippen molar-refractivity contribution in [2.45, 2.75) is 0 Å². The third-order valence-corrected chi connectivity index (χ3v) is 5.35. The predicted molar refractivity (Wildman–Crippen MR) is 55.3 cm³/mol. The van der Waals surface area contributed by atoms with Gasteiger partial charge in [-0.15, -0.1) is 0 Å². The van der Waals surface area contributed by atoms with Gasteiger partial charge in [-0.2, -0.15) is 0 Å². The van der Waals surface area contributed by atoms with E-state index in [0.717, 1.165) is 11.5 Å². The molecule has 0 heterocycles. The van der Waals surface area contributed by atoms with E-state index in [-0.39, 0.29) is 15.7 Å². The molecular weight excluding hydrogens is 196 g/mol. The van der Waals surface area contributed by atoms with Crippen molar-refractivity contribution in [3.8, 4) is 0 Å². The lowest BCUT2D eigenvalue weighted by molar-refractivity contribution is -0.133. The van der Waals surface area contributed by atoms with Gasteiger partial charge in [-0.1, -0.05) is 0 Å². The van der Waals surface area contributed by atoms with Gasteiger partial charge in [-0.3, -0.25) is 0 Å². The first-order valence-corrected chi connectivity index (χ1v) is 6.70. The highest BCUT2D eigenvalue weighted by atomic mass is 33.1. The fourth-order valence-corrected chi connectivity index (χ4v) is 4.01. The number of rotatable bonds is 7. The number of carbonyl (C=O) groups is 1. The van der Waals surface area contributed by atoms with E-state index in [1.807, 2.05) is 0 Å². The van der Waals surface area contributed by atoms with Crippen molar-refractivity contribution in [2.75, 3.05) is 30.3 Å². The Hall–Kier alpha value is 0.0900. The van der Waals surface area contributed by atoms with E-state index in [0.29, 0.717) is 13.1 Å². The summed E-state index contributed by atoms with van der Waals surface area (Å²) >= 11 is 0. The number of carboxylic acid groups (broad SMARTS) is 1. The van der Waals surface area contributed by atoms with Crippen molar-refractivity contribution in [3.63, 3.8) is 0 Å². The Labute approximate surface area is 78.8 Å². The van der Waals surface area contributed by atoms with E-state index in [2.05, 4.69) is 0 Å². The summed E-state index contributed by atoms with van der Waals surface area (Å²) in [7, 11) is 1.47. The van der Waals surface area contributed by atoms with E-state index in [4.69, 9.17) is 16.6 Å². The molecule has 12 heavy (non-hydrogen) atoms. The second kappa shape index (κ2) is 7.72. The van der Waals surface area contributed by atoms with Gasteiger partial charge in [0.1, 0.15) is 5.75 Å². The fourth-order valence-electron chi connectivity index (χ4n) is 0.608. The molecule has 0 aromatic heterocycles. The highest BCUT2D eigenvalue weighted by Gasteiger charge is 2.22. The van der Waals surface area contributed by atoms with Crippen LogP contribution in [-0.2, 0) is 14.7 Å². The van der Waals surface area contributed by atoms with Gasteiger partial charge in [-0.05, 0) is 0 Å². The lowest BCUT2D eigenvalue weighted by atomic mass is 10.8. The Morgan fingerprint density at radius 3 is 2.50 bits per heavy atom. The largest absolute Gasteiger partial charge is 0.478 e. The molecule has 1 atom stereocenters. The minimum absolute atomic E-state index is 0.142. The molecule has 0 spiro atoms. The molecule has 6 heteroatoms. The van der Waals surface area contributed by atoms with E-state index < -0.39 is 5.97 Å². The van der Waals surface area contributed by atoms with Crippen molar-refractivity contribution in [2.24, 2.45) is 11.5 Å². The summed E-state index contributed by atoms with van der Waals surface area (Å²) in [6.45, 7) is 1.15. The maximum atomic E-state index is 10.4. The van der Waals surface area contributed by atoms with Crippen LogP contribution in [0.4, 0.5) is 0 Å². The Bertz CT molecular complexity index is 135. The van der Waals surface area contributed by atoms with Gasteiger partial charge in [0.15, 0.2) is 0 Å². The third kappa shape index (κ3) is 6.78. The van der Waals surface area contributed by atoms with Crippen LogP contribution in [0.15, 0.2) is 0 Å². The monoisotopic (exact) mass is 211 g/mol. The molecule has 72 valence electrons. The predicted octanol–water partition coefficient (Wildman–Crippen LogP) is -0.745. The number of carboxylic acids is 1. The standard InChI is InChI=1S/C6H14N2O2S2/c7-1-3-11-12(4-2-8)5-6(9)10/h1-5,7-8H2/p+1. The summed E-state index contributed by atoms with van der Waals surface area (Å²) in [6, 6.07) is 0. The smallest absolute Gasteiger partial charge is 0.354 e. The summed E-state index contributed by atoms with van der Waals surface area (Å²) in [5.41, 5.74) is 10.7. The van der Waals surface area contributed by atoms with Gasteiger partial charge >= 0.3 is 5.97 Å². The molecule has 0 radical (unpaired) electrons. The highest BCUT2D eigenvalue weighted by molar-refractivity contribution is 8.74. The molecular formula is C6H15N2O2S2+. The molecule has 0 aliphatic rings. The van der Waals surface area contributed by atoms with Crippen LogP contribution in [-0.4, -0.2) is 41.4 Å². The molecule has 1 unspecified atom stereocenters. The molecule has 0 aliphatic carbocycles. The second-order valence-electron chi connectivity index (χ2n) is 2.08. The zero-order valence-electron chi connectivity index (χ0n) is 6.86. The first kappa shape index (κ1) is 12.1. The highest BCUT2D eigenvalue weighted by Crippen LogP contribution is 2.15. The maximum Gasteiger partial charge on any atom is 0.354 e. The Morgan fingerprint density at radius 1 is 1.42 bits per heavy atom. The molecule has 0 aromatic rings. The van der Waals surface area contributed by atoms with Crippen LogP contribution in [0.5, 0.6) is 0 Å². The molecule has 0 rings (SSSR count). The number of hydrogen-bond donors (Lipinski definition) is 3. The quantitative estimate of drug-likeness (QED) is 0.381. The molecule has 0 saturated heterocycles. The lowest BCUT2D eigenvalue weighted by Crippen LogP contribution is -2.22. The molecule has 4 nitrogen and oxygen atoms in total. The van der Waals surface area contributed by atoms with Crippen molar-refractivity contribution < 1.29 is 9.90 Å². The van der Waals surface area contributed by atoms with Crippen LogP contribution < -0.4 is 11.5 Å². The Morgan fingerprint density at radius 2 is 2.08 bits per heavy atom. The molecule has 5 N–H and O–H groups in total. The van der Waals surface area contributed by atoms with E-state index in [1.54, 1.807) is 10.8 Å². The van der Waals surface area contributed by atoms with Gasteiger partial charge in [0.2, 0.25) is 5.75 Å². The minimum atomic E-state index is -0.753. The number of nitrogens with two attached hydrogens (primary N) is 2. The summed E-state index contributed by atoms with van der Waals surface area (Å²) < 4.78 is 0. The van der Waals surface area contributed by atoms with Crippen molar-refractivity contribution in [1.82, 2.24) is 0 Å². The average molecular weight is 211 g/mol. The van der Waals surface area contributed by atoms with Crippen LogP contribution in [0.1, 0.15) is 0 Å². The number of hydrogen-bond acceptors (Lipinski definition) is 4. The summed E-state index contributed by atoms with van der Waals surface area (Å²) in [6.07, 6.45) is 0. The first-order chi connectivity index (χ1) is 5.70. The molecule has 0 fully saturated rings. The lowest BCUT2D eigenvalue weighted by Gasteiger charge is -2.01. The van der Waals surface area contributed by atoms with Crippen LogP contribution >= 0.6 is 10.8 Å². The molecule has 0 aromatic carbocycles. The topological polar surface area (TPSA) is 89.3 Å². The van der Waals surface area contributed by atoms with Crippen LogP contribution in [0.3, 0.4) is 0 Å². The van der Waals surface area contributed by atoms with Crippen molar-refractivity contribution >= 4 is 26.7 Å². The van der Waals surface area contributed by atoms with E-state index in [1.165, 1.54) is 0 Å². The Kier molecular flexibility index (Phi) is 7.78. The van der Waals surface area contributed by atoms with Crippen molar-refractivity contribution in [3.05, 3.63) is 0 Å². The molecule has 0 amide bonds. The van der Waals surface area contributed by atoms with Gasteiger partial charge in [0.05, 0.1) is 26.5 Å². The third-order valence-electron chi connectivity index (χ3n) is 0.998. The zero-order valence-corrected chi connectivity index (χ0v) is 8.50. The normalized spacial score (nSPS) is 12.8. The SMILES string of the molecule is NCCS[S+](CCN)CC(=O)O. The van der Waals surface area contributed by atoms with Crippen LogP contribution in [0.25, 0.3) is 0 Å². The number of aliphatic carboxylic acids is 1. The molecule has 0 saturated carbocycles. The van der Waals surface area contributed by atoms with Crippen LogP contribution in [0.2, 0.25) is 0 Å². The van der Waals surface area contributed by atoms with Crippen LogP contribution in [0, 0.1) is 0 Å². The molecule has 0 bridgehead atoms. The van der Waals surface area contributed by atoms with Gasteiger partial charge < -0.3 is 16.6 Å². The summed E-state index contributed by atoms with van der Waals surface area (Å²) in [4.78, 5) is 10.4.